The Kier molecular flexibility index (Phi) is 3.34. The van der Waals surface area contributed by atoms with Crippen molar-refractivity contribution in [3.63, 3.8) is 0 Å². The van der Waals surface area contributed by atoms with Crippen LogP contribution in [0.1, 0.15) is 15.9 Å². The number of aromatic carboxylic acids is 1. The minimum Gasteiger partial charge on any atom is -0.478 e. The van der Waals surface area contributed by atoms with Crippen molar-refractivity contribution in [3.05, 3.63) is 59.9 Å². The first-order valence-corrected chi connectivity index (χ1v) is 6.29. The maximum Gasteiger partial charge on any atom is 0.337 e. The molecule has 0 amide bonds. The Hall–Kier alpha value is -3.15. The Bertz CT molecular complexity index is 809. The lowest BCUT2D eigenvalue weighted by Gasteiger charge is -1.98. The van der Waals surface area contributed by atoms with Crippen molar-refractivity contribution in [2.75, 3.05) is 5.43 Å². The van der Waals surface area contributed by atoms with E-state index in [1.807, 2.05) is 18.2 Å². The molecule has 0 bridgehead atoms. The smallest absolute Gasteiger partial charge is 0.337 e. The van der Waals surface area contributed by atoms with Gasteiger partial charge < -0.3 is 10.1 Å². The Morgan fingerprint density at radius 1 is 1.29 bits per heavy atom. The van der Waals surface area contributed by atoms with Crippen molar-refractivity contribution < 1.29 is 9.90 Å². The van der Waals surface area contributed by atoms with Crippen LogP contribution in [0.4, 0.5) is 5.82 Å². The molecule has 0 aliphatic carbocycles. The van der Waals surface area contributed by atoms with Gasteiger partial charge in [-0.1, -0.05) is 18.2 Å². The number of H-pyrrole nitrogens is 1. The average Bonchev–Trinajstić information content (AvgIpc) is 2.91. The minimum absolute atomic E-state index is 0.241. The largest absolute Gasteiger partial charge is 0.478 e. The molecule has 0 saturated carbocycles. The Morgan fingerprint density at radius 2 is 2.19 bits per heavy atom. The number of rotatable bonds is 4. The Morgan fingerprint density at radius 3 is 2.95 bits per heavy atom. The van der Waals surface area contributed by atoms with Gasteiger partial charge >= 0.3 is 5.97 Å². The van der Waals surface area contributed by atoms with E-state index in [9.17, 15) is 4.79 Å². The number of aromatic nitrogens is 2. The number of pyridine rings is 1. The highest BCUT2D eigenvalue weighted by molar-refractivity contribution is 6.07. The summed E-state index contributed by atoms with van der Waals surface area (Å²) in [4.78, 5) is 18.2. The molecule has 0 aliphatic rings. The van der Waals surface area contributed by atoms with Crippen LogP contribution in [-0.4, -0.2) is 27.3 Å². The van der Waals surface area contributed by atoms with Crippen LogP contribution in [0.5, 0.6) is 0 Å². The van der Waals surface area contributed by atoms with Crippen LogP contribution >= 0.6 is 0 Å². The number of carboxylic acid groups (broad SMARTS) is 1. The normalized spacial score (nSPS) is 11.0. The van der Waals surface area contributed by atoms with Crippen LogP contribution in [0.15, 0.2) is 53.9 Å². The molecule has 0 unspecified atom stereocenters. The molecule has 2 aromatic heterocycles. The summed E-state index contributed by atoms with van der Waals surface area (Å²) in [5, 5.41) is 14.1. The van der Waals surface area contributed by atoms with Crippen molar-refractivity contribution in [3.8, 4) is 0 Å². The monoisotopic (exact) mass is 280 g/mol. The maximum atomic E-state index is 11.1. The van der Waals surface area contributed by atoms with Gasteiger partial charge in [0, 0.05) is 23.3 Å². The molecule has 2 heterocycles. The number of nitrogens with zero attached hydrogens (tertiary/aromatic N) is 2. The molecule has 6 nitrogen and oxygen atoms in total. The second-order valence-electron chi connectivity index (χ2n) is 4.36. The molecular weight excluding hydrogens is 268 g/mol. The van der Waals surface area contributed by atoms with Gasteiger partial charge in [0.25, 0.3) is 0 Å². The first-order valence-electron chi connectivity index (χ1n) is 6.29. The van der Waals surface area contributed by atoms with Crippen molar-refractivity contribution in [1.82, 2.24) is 9.97 Å². The molecule has 3 N–H and O–H groups in total. The van der Waals surface area contributed by atoms with Crippen LogP contribution in [0.3, 0.4) is 0 Å². The molecule has 0 radical (unpaired) electrons. The molecule has 6 heteroatoms. The molecule has 1 aromatic carbocycles. The average molecular weight is 280 g/mol. The Labute approximate surface area is 120 Å². The topological polar surface area (TPSA) is 90.4 Å². The number of fused-ring (bicyclic) bond motifs is 1. The van der Waals surface area contributed by atoms with Gasteiger partial charge in [-0.15, -0.1) is 0 Å². The number of hydrogen-bond acceptors (Lipinski definition) is 4. The quantitative estimate of drug-likeness (QED) is 0.506. The van der Waals surface area contributed by atoms with Gasteiger partial charge in [-0.3, -0.25) is 5.43 Å². The van der Waals surface area contributed by atoms with E-state index in [1.54, 1.807) is 36.8 Å². The second kappa shape index (κ2) is 5.46. The summed E-state index contributed by atoms with van der Waals surface area (Å²) in [6, 6.07) is 10.6. The van der Waals surface area contributed by atoms with Gasteiger partial charge in [-0.25, -0.2) is 9.78 Å². The van der Waals surface area contributed by atoms with Crippen molar-refractivity contribution in [2.45, 2.75) is 0 Å². The first kappa shape index (κ1) is 12.9. The molecular formula is C15H12N4O2. The van der Waals surface area contributed by atoms with Gasteiger partial charge in [-0.05, 0) is 18.2 Å². The highest BCUT2D eigenvalue weighted by Gasteiger charge is 2.10. The minimum atomic E-state index is -0.961. The molecule has 0 atom stereocenters. The van der Waals surface area contributed by atoms with Gasteiger partial charge in [0.2, 0.25) is 0 Å². The van der Waals surface area contributed by atoms with E-state index in [2.05, 4.69) is 20.5 Å². The SMILES string of the molecule is O=C(O)c1cccc2c(C=NNc3ccccn3)c[nH]c12. The summed E-state index contributed by atoms with van der Waals surface area (Å²) < 4.78 is 0. The standard InChI is InChI=1S/C15H12N4O2/c20-15(21)12-5-3-4-11-10(8-17-14(11)12)9-18-19-13-6-1-2-7-16-13/h1-9,17H,(H,16,19)(H,20,21). The molecule has 0 saturated heterocycles. The lowest BCUT2D eigenvalue weighted by molar-refractivity contribution is 0.0699. The second-order valence-corrected chi connectivity index (χ2v) is 4.36. The van der Waals surface area contributed by atoms with E-state index in [0.717, 1.165) is 10.9 Å². The number of carbonyl (C=O) groups is 1. The van der Waals surface area contributed by atoms with Crippen LogP contribution in [0, 0.1) is 0 Å². The fraction of sp³-hybridized carbons (Fsp3) is 0. The van der Waals surface area contributed by atoms with E-state index < -0.39 is 5.97 Å². The number of hydrogen-bond donors (Lipinski definition) is 3. The Balaban J connectivity index is 1.88. The van der Waals surface area contributed by atoms with Crippen LogP contribution < -0.4 is 5.43 Å². The van der Waals surface area contributed by atoms with Crippen molar-refractivity contribution in [1.29, 1.82) is 0 Å². The fourth-order valence-electron chi connectivity index (χ4n) is 2.06. The van der Waals surface area contributed by atoms with Crippen LogP contribution in [0.2, 0.25) is 0 Å². The molecule has 0 spiro atoms. The summed E-state index contributed by atoms with van der Waals surface area (Å²) in [6.45, 7) is 0. The van der Waals surface area contributed by atoms with Crippen LogP contribution in [-0.2, 0) is 0 Å². The number of anilines is 1. The molecule has 3 aromatic rings. The zero-order valence-corrected chi connectivity index (χ0v) is 10.9. The molecule has 0 aliphatic heterocycles. The maximum absolute atomic E-state index is 11.1. The molecule has 104 valence electrons. The van der Waals surface area contributed by atoms with E-state index in [4.69, 9.17) is 5.11 Å². The van der Waals surface area contributed by atoms with E-state index in [1.165, 1.54) is 0 Å². The van der Waals surface area contributed by atoms with Crippen molar-refractivity contribution in [2.24, 2.45) is 5.10 Å². The van der Waals surface area contributed by atoms with Gasteiger partial charge in [0.1, 0.15) is 5.82 Å². The summed E-state index contributed by atoms with van der Waals surface area (Å²) in [5.41, 5.74) is 4.44. The number of benzene rings is 1. The zero-order chi connectivity index (χ0) is 14.7. The highest BCUT2D eigenvalue weighted by atomic mass is 16.4. The van der Waals surface area contributed by atoms with E-state index >= 15 is 0 Å². The summed E-state index contributed by atoms with van der Waals surface area (Å²) in [5.74, 6) is -0.322. The summed E-state index contributed by atoms with van der Waals surface area (Å²) in [7, 11) is 0. The summed E-state index contributed by atoms with van der Waals surface area (Å²) in [6.07, 6.45) is 5.02. The number of para-hydroxylation sites is 1. The lowest BCUT2D eigenvalue weighted by Crippen LogP contribution is -1.96. The molecule has 3 rings (SSSR count). The van der Waals surface area contributed by atoms with E-state index in [0.29, 0.717) is 11.3 Å². The molecule has 0 fully saturated rings. The zero-order valence-electron chi connectivity index (χ0n) is 10.9. The van der Waals surface area contributed by atoms with Gasteiger partial charge in [0.15, 0.2) is 0 Å². The van der Waals surface area contributed by atoms with E-state index in [-0.39, 0.29) is 5.56 Å². The van der Waals surface area contributed by atoms with Gasteiger partial charge in [-0.2, -0.15) is 5.10 Å². The third-order valence-corrected chi connectivity index (χ3v) is 3.03. The third kappa shape index (κ3) is 2.59. The predicted octanol–water partition coefficient (Wildman–Crippen LogP) is 2.71. The molecule has 21 heavy (non-hydrogen) atoms. The number of aromatic amines is 1. The number of carboxylic acids is 1. The fourth-order valence-corrected chi connectivity index (χ4v) is 2.06. The predicted molar refractivity (Wildman–Crippen MR) is 80.7 cm³/mol. The van der Waals surface area contributed by atoms with Crippen LogP contribution in [0.25, 0.3) is 10.9 Å². The first-order chi connectivity index (χ1) is 10.3. The lowest BCUT2D eigenvalue weighted by atomic mass is 10.1. The number of hydrazone groups is 1. The highest BCUT2D eigenvalue weighted by Crippen LogP contribution is 2.20. The summed E-state index contributed by atoms with van der Waals surface area (Å²) >= 11 is 0. The van der Waals surface area contributed by atoms with Gasteiger partial charge in [0.05, 0.1) is 17.3 Å². The van der Waals surface area contributed by atoms with Crippen molar-refractivity contribution >= 4 is 28.9 Å². The number of nitrogens with one attached hydrogen (secondary N) is 2. The third-order valence-electron chi connectivity index (χ3n) is 3.03.